The largest absolute Gasteiger partial charge is 0.772 e. The quantitative estimate of drug-likeness (QED) is 0.466. The molecule has 1 atom stereocenters. The van der Waals surface area contributed by atoms with Gasteiger partial charge in [-0.2, -0.15) is 17.1 Å². The summed E-state index contributed by atoms with van der Waals surface area (Å²) in [5.74, 6) is -0.198. The Kier molecular flexibility index (Phi) is 4.01. The van der Waals surface area contributed by atoms with Crippen molar-refractivity contribution in [1.82, 2.24) is 4.98 Å². The Morgan fingerprint density at radius 3 is 2.75 bits per heavy atom. The van der Waals surface area contributed by atoms with Crippen LogP contribution in [0.3, 0.4) is 0 Å². The summed E-state index contributed by atoms with van der Waals surface area (Å²) >= 11 is 0.446. The minimum atomic E-state index is -4.48. The predicted molar refractivity (Wildman–Crippen MR) is 50.8 cm³/mol. The first-order valence-electron chi connectivity index (χ1n) is 3.88. The van der Waals surface area contributed by atoms with Gasteiger partial charge in [0.1, 0.15) is 0 Å². The van der Waals surface area contributed by atoms with Crippen LogP contribution in [0.2, 0.25) is 0 Å². The molecule has 0 saturated carbocycles. The molecule has 0 amide bonds. The Balaban J connectivity index is 2.86. The van der Waals surface area contributed by atoms with Crippen molar-refractivity contribution >= 4 is 22.3 Å². The van der Waals surface area contributed by atoms with Crippen LogP contribution in [-0.2, 0) is 22.9 Å². The van der Waals surface area contributed by atoms with Crippen molar-refractivity contribution in [2.24, 2.45) is 0 Å². The zero-order chi connectivity index (χ0) is 12.3. The monoisotopic (exact) mass is 269 g/mol. The van der Waals surface area contributed by atoms with E-state index >= 15 is 0 Å². The molecule has 0 saturated heterocycles. The van der Waals surface area contributed by atoms with E-state index in [0.717, 1.165) is 3.95 Å². The molecule has 0 aliphatic heterocycles. The minimum absolute atomic E-state index is 0.0674. The highest BCUT2D eigenvalue weighted by Gasteiger charge is 2.34. The number of hydrogen-bond acceptors (Lipinski definition) is 4. The van der Waals surface area contributed by atoms with Gasteiger partial charge in [-0.25, -0.2) is 4.98 Å². The Labute approximate surface area is 95.9 Å². The highest BCUT2D eigenvalue weighted by atomic mass is 32.2. The second kappa shape index (κ2) is 4.90. The van der Waals surface area contributed by atoms with Crippen molar-refractivity contribution in [3.05, 3.63) is 16.1 Å². The molecule has 1 heterocycles. The number of nitriles is 1. The third-order valence-corrected chi connectivity index (χ3v) is 3.68. The van der Waals surface area contributed by atoms with Crippen LogP contribution in [-0.4, -0.2) is 20.5 Å². The van der Waals surface area contributed by atoms with Crippen LogP contribution in [0, 0.1) is 11.5 Å². The van der Waals surface area contributed by atoms with E-state index in [9.17, 15) is 17.7 Å². The van der Waals surface area contributed by atoms with Crippen molar-refractivity contribution in [2.45, 2.75) is 11.9 Å². The molecule has 0 aromatic carbocycles. The lowest BCUT2D eigenvalue weighted by Crippen LogP contribution is -2.09. The van der Waals surface area contributed by atoms with Gasteiger partial charge in [0.15, 0.2) is 10.3 Å². The molecular weight excluding hydrogens is 263 g/mol. The van der Waals surface area contributed by atoms with Crippen molar-refractivity contribution in [2.75, 3.05) is 7.05 Å². The lowest BCUT2D eigenvalue weighted by molar-refractivity contribution is -0.379. The average Bonchev–Trinajstić information content (AvgIpc) is 2.64. The highest BCUT2D eigenvalue weighted by molar-refractivity contribution is 7.78. The molecular formula is C7H6F3N3OS2. The first-order chi connectivity index (χ1) is 7.34. The van der Waals surface area contributed by atoms with Gasteiger partial charge in [-0.15, -0.1) is 11.3 Å². The third-order valence-electron chi connectivity index (χ3n) is 1.51. The summed E-state index contributed by atoms with van der Waals surface area (Å²) in [5, 5.41) is 8.62. The fourth-order valence-corrected chi connectivity index (χ4v) is 2.25. The van der Waals surface area contributed by atoms with Gasteiger partial charge in [-0.1, -0.05) is 11.0 Å². The number of aromatic nitrogens is 1. The highest BCUT2D eigenvalue weighted by Crippen LogP contribution is 2.31. The van der Waals surface area contributed by atoms with E-state index in [1.54, 1.807) is 6.19 Å². The first kappa shape index (κ1) is 13.1. The molecule has 0 bridgehead atoms. The lowest BCUT2D eigenvalue weighted by atomic mass is 10.6. The standard InChI is InChI=1S/C7H6F3N3OS2/c1-13(4-11)16(14)3-5-2-15-6(12-5)7(8,9)10/h2H,3H2,1H3. The van der Waals surface area contributed by atoms with Gasteiger partial charge in [0.2, 0.25) is 0 Å². The van der Waals surface area contributed by atoms with Crippen molar-refractivity contribution < 1.29 is 21.7 Å². The average molecular weight is 269 g/mol. The smallest absolute Gasteiger partial charge is 0.464 e. The molecule has 0 aliphatic rings. The summed E-state index contributed by atoms with van der Waals surface area (Å²) in [4.78, 5) is 3.30. The normalized spacial score (nSPS) is 14.4. The molecule has 4 nitrogen and oxygen atoms in total. The molecule has 88 valence electrons. The molecule has 0 aliphatic carbocycles. The van der Waals surface area contributed by atoms with Crippen LogP contribution < -0.4 is 0 Å². The molecule has 1 rings (SSSR count). The van der Waals surface area contributed by atoms with Gasteiger partial charge in [0.05, 0.1) is 18.5 Å². The summed E-state index contributed by atoms with van der Waals surface area (Å²) in [6.45, 7) is 0. The van der Waals surface area contributed by atoms with E-state index in [-0.39, 0.29) is 11.4 Å². The SMILES string of the molecule is C[N+](C#N)=S([O-])Cc1csc(C(F)(F)F)n1. The second-order valence-electron chi connectivity index (χ2n) is 2.71. The van der Waals surface area contributed by atoms with Crippen LogP contribution >= 0.6 is 11.3 Å². The first-order valence-corrected chi connectivity index (χ1v) is 6.03. The van der Waals surface area contributed by atoms with Crippen molar-refractivity contribution in [1.29, 1.82) is 5.26 Å². The van der Waals surface area contributed by atoms with Crippen molar-refractivity contribution in [3.8, 4) is 6.19 Å². The maximum atomic E-state index is 12.2. The topological polar surface area (TPSA) is 62.8 Å². The fourth-order valence-electron chi connectivity index (χ4n) is 0.772. The van der Waals surface area contributed by atoms with E-state index in [4.69, 9.17) is 5.26 Å². The number of nitrogens with zero attached hydrogens (tertiary/aromatic N) is 3. The molecule has 16 heavy (non-hydrogen) atoms. The second-order valence-corrected chi connectivity index (χ2v) is 5.04. The number of thiazole rings is 1. The summed E-state index contributed by atoms with van der Waals surface area (Å²) in [6.07, 6.45) is -2.87. The predicted octanol–water partition coefficient (Wildman–Crippen LogP) is 1.72. The van der Waals surface area contributed by atoms with E-state index in [1.165, 1.54) is 12.4 Å². The maximum absolute atomic E-state index is 12.2. The van der Waals surface area contributed by atoms with E-state index < -0.39 is 22.2 Å². The maximum Gasteiger partial charge on any atom is 0.464 e. The van der Waals surface area contributed by atoms with Crippen molar-refractivity contribution in [3.63, 3.8) is 0 Å². The molecule has 9 heteroatoms. The molecule has 0 N–H and O–H groups in total. The fraction of sp³-hybridized carbons (Fsp3) is 0.429. The number of alkyl halides is 3. The van der Waals surface area contributed by atoms with Crippen LogP contribution in [0.15, 0.2) is 5.38 Å². The Hall–Kier alpha value is -0.980. The van der Waals surface area contributed by atoms with Gasteiger partial charge in [-0.05, 0) is 0 Å². The van der Waals surface area contributed by atoms with E-state index in [1.807, 2.05) is 0 Å². The third kappa shape index (κ3) is 3.26. The molecule has 1 unspecified atom stereocenters. The Bertz CT molecular complexity index is 460. The van der Waals surface area contributed by atoms with E-state index in [0.29, 0.717) is 11.3 Å². The zero-order valence-corrected chi connectivity index (χ0v) is 9.62. The Morgan fingerprint density at radius 1 is 1.69 bits per heavy atom. The summed E-state index contributed by atoms with van der Waals surface area (Å²) < 4.78 is 48.7. The van der Waals surface area contributed by atoms with Gasteiger partial charge < -0.3 is 4.55 Å². The molecule has 0 spiro atoms. The zero-order valence-electron chi connectivity index (χ0n) is 7.98. The van der Waals surface area contributed by atoms with Crippen LogP contribution in [0.1, 0.15) is 10.7 Å². The van der Waals surface area contributed by atoms with Gasteiger partial charge in [0, 0.05) is 5.38 Å². The summed E-state index contributed by atoms with van der Waals surface area (Å²) in [5.41, 5.74) is 0.0674. The summed E-state index contributed by atoms with van der Waals surface area (Å²) in [7, 11) is -0.395. The number of halogens is 3. The van der Waals surface area contributed by atoms with E-state index in [2.05, 4.69) is 4.98 Å². The molecule has 1 aromatic rings. The minimum Gasteiger partial charge on any atom is -0.772 e. The Morgan fingerprint density at radius 2 is 2.31 bits per heavy atom. The van der Waals surface area contributed by atoms with Crippen LogP contribution in [0.25, 0.3) is 0 Å². The van der Waals surface area contributed by atoms with Gasteiger partial charge >= 0.3 is 12.4 Å². The van der Waals surface area contributed by atoms with Crippen LogP contribution in [0.4, 0.5) is 13.2 Å². The molecule has 0 fully saturated rings. The molecule has 1 aromatic heterocycles. The molecule has 0 radical (unpaired) electrons. The lowest BCUT2D eigenvalue weighted by Gasteiger charge is -2.08. The number of hydrogen-bond donors (Lipinski definition) is 0. The number of rotatable bonds is 2. The van der Waals surface area contributed by atoms with Gasteiger partial charge in [0.25, 0.3) is 0 Å². The summed E-state index contributed by atoms with van der Waals surface area (Å²) in [6, 6.07) is 0. The van der Waals surface area contributed by atoms with Crippen LogP contribution in [0.5, 0.6) is 0 Å². The van der Waals surface area contributed by atoms with Gasteiger partial charge in [-0.3, -0.25) is 0 Å².